The summed E-state index contributed by atoms with van der Waals surface area (Å²) in [5, 5.41) is 8.28. The van der Waals surface area contributed by atoms with Crippen LogP contribution in [-0.4, -0.2) is 24.0 Å². The first-order chi connectivity index (χ1) is 8.15. The molecule has 1 atom stereocenters. The molecule has 1 aromatic rings. The van der Waals surface area contributed by atoms with Crippen molar-refractivity contribution in [2.75, 3.05) is 13.1 Å². The first-order valence-corrected chi connectivity index (χ1v) is 6.95. The number of nitrogens with zero attached hydrogens (tertiary/aromatic N) is 1. The van der Waals surface area contributed by atoms with E-state index in [9.17, 15) is 4.79 Å². The second kappa shape index (κ2) is 5.14. The third-order valence-corrected chi connectivity index (χ3v) is 4.29. The molecule has 0 saturated carbocycles. The minimum absolute atomic E-state index is 0.158. The maximum atomic E-state index is 12.3. The van der Waals surface area contributed by atoms with E-state index in [0.29, 0.717) is 12.5 Å². The van der Waals surface area contributed by atoms with Crippen LogP contribution in [0.3, 0.4) is 0 Å². The lowest BCUT2D eigenvalue weighted by Gasteiger charge is -2.30. The summed E-state index contributed by atoms with van der Waals surface area (Å²) in [4.78, 5) is 16.5. The summed E-state index contributed by atoms with van der Waals surface area (Å²) in [5.41, 5.74) is 2.49. The van der Waals surface area contributed by atoms with Gasteiger partial charge in [-0.15, -0.1) is 11.3 Å². The van der Waals surface area contributed by atoms with E-state index in [1.54, 1.807) is 16.8 Å². The van der Waals surface area contributed by atoms with E-state index in [2.05, 4.69) is 29.5 Å². The van der Waals surface area contributed by atoms with Gasteiger partial charge in [0.05, 0.1) is 23.2 Å². The number of carbonyl (C=O) groups is 1. The zero-order chi connectivity index (χ0) is 12.3. The highest BCUT2D eigenvalue weighted by atomic mass is 32.1. The Bertz CT molecular complexity index is 369. The van der Waals surface area contributed by atoms with E-state index in [1.165, 1.54) is 0 Å². The Morgan fingerprint density at radius 2 is 2.53 bits per heavy atom. The van der Waals surface area contributed by atoms with Crippen LogP contribution < -0.4 is 10.6 Å². The van der Waals surface area contributed by atoms with Crippen molar-refractivity contribution in [1.29, 1.82) is 0 Å². The average Bonchev–Trinajstić information content (AvgIpc) is 2.97. The molecule has 0 radical (unpaired) electrons. The summed E-state index contributed by atoms with van der Waals surface area (Å²) in [6, 6.07) is 0. The van der Waals surface area contributed by atoms with Gasteiger partial charge < -0.3 is 10.6 Å². The van der Waals surface area contributed by atoms with Crippen LogP contribution in [0.5, 0.6) is 0 Å². The molecule has 1 saturated heterocycles. The molecular weight excluding hydrogens is 234 g/mol. The monoisotopic (exact) mass is 253 g/mol. The van der Waals surface area contributed by atoms with Gasteiger partial charge in [-0.3, -0.25) is 4.79 Å². The van der Waals surface area contributed by atoms with Gasteiger partial charge in [0, 0.05) is 11.9 Å². The molecule has 17 heavy (non-hydrogen) atoms. The minimum Gasteiger partial charge on any atom is -0.350 e. The van der Waals surface area contributed by atoms with Crippen molar-refractivity contribution in [3.63, 3.8) is 0 Å². The molecule has 1 amide bonds. The standard InChI is InChI=1S/C12H19N3OS/c1-9(2)12(3-4-13-7-12)11(16)14-5-10-6-17-8-15-10/h6,8-9,13H,3-5,7H2,1-2H3,(H,14,16). The molecule has 5 heteroatoms. The molecule has 0 aliphatic carbocycles. The highest BCUT2D eigenvalue weighted by molar-refractivity contribution is 7.07. The van der Waals surface area contributed by atoms with Crippen LogP contribution in [0.15, 0.2) is 10.9 Å². The zero-order valence-corrected chi connectivity index (χ0v) is 11.1. The van der Waals surface area contributed by atoms with Gasteiger partial charge in [0.1, 0.15) is 0 Å². The lowest BCUT2D eigenvalue weighted by Crippen LogP contribution is -2.45. The van der Waals surface area contributed by atoms with Crippen molar-refractivity contribution < 1.29 is 4.79 Å². The van der Waals surface area contributed by atoms with Crippen LogP contribution in [0, 0.1) is 11.3 Å². The molecular formula is C12H19N3OS. The average molecular weight is 253 g/mol. The van der Waals surface area contributed by atoms with Gasteiger partial charge in [0.25, 0.3) is 0 Å². The maximum absolute atomic E-state index is 12.3. The van der Waals surface area contributed by atoms with Gasteiger partial charge in [-0.2, -0.15) is 0 Å². The fourth-order valence-corrected chi connectivity index (χ4v) is 2.89. The SMILES string of the molecule is CC(C)C1(C(=O)NCc2cscn2)CCNC1. The molecule has 2 N–H and O–H groups in total. The predicted molar refractivity (Wildman–Crippen MR) is 68.7 cm³/mol. The van der Waals surface area contributed by atoms with Crippen LogP contribution in [-0.2, 0) is 11.3 Å². The van der Waals surface area contributed by atoms with E-state index >= 15 is 0 Å². The third kappa shape index (κ3) is 2.50. The van der Waals surface area contributed by atoms with Crippen molar-refractivity contribution in [3.05, 3.63) is 16.6 Å². The Labute approximate surface area is 106 Å². The molecule has 4 nitrogen and oxygen atoms in total. The fourth-order valence-electron chi connectivity index (χ4n) is 2.33. The normalized spacial score (nSPS) is 24.2. The molecule has 2 heterocycles. The topological polar surface area (TPSA) is 54.0 Å². The maximum Gasteiger partial charge on any atom is 0.228 e. The third-order valence-electron chi connectivity index (χ3n) is 3.66. The van der Waals surface area contributed by atoms with Gasteiger partial charge in [-0.1, -0.05) is 13.8 Å². The quantitative estimate of drug-likeness (QED) is 0.852. The van der Waals surface area contributed by atoms with Crippen LogP contribution in [0.1, 0.15) is 26.0 Å². The van der Waals surface area contributed by atoms with Gasteiger partial charge in [-0.05, 0) is 18.9 Å². The Hall–Kier alpha value is -0.940. The molecule has 2 rings (SSSR count). The van der Waals surface area contributed by atoms with Crippen molar-refractivity contribution in [2.24, 2.45) is 11.3 Å². The van der Waals surface area contributed by atoms with E-state index in [0.717, 1.165) is 25.2 Å². The molecule has 0 bridgehead atoms. The Morgan fingerprint density at radius 3 is 3.06 bits per heavy atom. The summed E-state index contributed by atoms with van der Waals surface area (Å²) in [6.45, 7) is 6.50. The lowest BCUT2D eigenvalue weighted by molar-refractivity contribution is -0.132. The van der Waals surface area contributed by atoms with Crippen LogP contribution >= 0.6 is 11.3 Å². The van der Waals surface area contributed by atoms with E-state index in [4.69, 9.17) is 0 Å². The minimum atomic E-state index is -0.240. The van der Waals surface area contributed by atoms with Crippen molar-refractivity contribution in [3.8, 4) is 0 Å². The van der Waals surface area contributed by atoms with Gasteiger partial charge >= 0.3 is 0 Å². The predicted octanol–water partition coefficient (Wildman–Crippen LogP) is 1.39. The van der Waals surface area contributed by atoms with E-state index in [1.807, 2.05) is 5.38 Å². The summed E-state index contributed by atoms with van der Waals surface area (Å²) in [7, 11) is 0. The summed E-state index contributed by atoms with van der Waals surface area (Å²) < 4.78 is 0. The Kier molecular flexibility index (Phi) is 3.79. The number of rotatable bonds is 4. The molecule has 1 aliphatic heterocycles. The van der Waals surface area contributed by atoms with E-state index in [-0.39, 0.29) is 11.3 Å². The van der Waals surface area contributed by atoms with Crippen molar-refractivity contribution in [1.82, 2.24) is 15.6 Å². The summed E-state index contributed by atoms with van der Waals surface area (Å²) in [6.07, 6.45) is 0.924. The first kappa shape index (κ1) is 12.5. The molecule has 1 fully saturated rings. The summed E-state index contributed by atoms with van der Waals surface area (Å²) in [5.74, 6) is 0.512. The first-order valence-electron chi connectivity index (χ1n) is 6.01. The molecule has 1 aliphatic rings. The second-order valence-electron chi connectivity index (χ2n) is 4.90. The smallest absolute Gasteiger partial charge is 0.228 e. The highest BCUT2D eigenvalue weighted by Crippen LogP contribution is 2.34. The second-order valence-corrected chi connectivity index (χ2v) is 5.62. The van der Waals surface area contributed by atoms with Gasteiger partial charge in [0.2, 0.25) is 5.91 Å². The van der Waals surface area contributed by atoms with Crippen LogP contribution in [0.2, 0.25) is 0 Å². The Morgan fingerprint density at radius 1 is 1.71 bits per heavy atom. The van der Waals surface area contributed by atoms with Gasteiger partial charge in [-0.25, -0.2) is 4.98 Å². The van der Waals surface area contributed by atoms with Crippen molar-refractivity contribution in [2.45, 2.75) is 26.8 Å². The van der Waals surface area contributed by atoms with Crippen molar-refractivity contribution >= 4 is 17.2 Å². The Balaban J connectivity index is 1.98. The van der Waals surface area contributed by atoms with Crippen LogP contribution in [0.4, 0.5) is 0 Å². The number of carbonyl (C=O) groups excluding carboxylic acids is 1. The number of amides is 1. The van der Waals surface area contributed by atoms with Crippen LogP contribution in [0.25, 0.3) is 0 Å². The largest absolute Gasteiger partial charge is 0.350 e. The highest BCUT2D eigenvalue weighted by Gasteiger charge is 2.43. The number of thiazole rings is 1. The number of hydrogen-bond donors (Lipinski definition) is 2. The lowest BCUT2D eigenvalue weighted by atomic mass is 9.75. The molecule has 94 valence electrons. The zero-order valence-electron chi connectivity index (χ0n) is 10.3. The summed E-state index contributed by atoms with van der Waals surface area (Å²) >= 11 is 1.55. The van der Waals surface area contributed by atoms with E-state index < -0.39 is 0 Å². The number of aromatic nitrogens is 1. The molecule has 1 unspecified atom stereocenters. The number of nitrogens with one attached hydrogen (secondary N) is 2. The fraction of sp³-hybridized carbons (Fsp3) is 0.667. The molecule has 0 spiro atoms. The molecule has 0 aromatic carbocycles. The molecule has 1 aromatic heterocycles. The van der Waals surface area contributed by atoms with Gasteiger partial charge in [0.15, 0.2) is 0 Å². The number of hydrogen-bond acceptors (Lipinski definition) is 4.